The Kier molecular flexibility index (Phi) is 5.16. The highest BCUT2D eigenvalue weighted by Crippen LogP contribution is 2.62. The topological polar surface area (TPSA) is 18.1 Å². The molecule has 0 bridgehead atoms. The Hall–Kier alpha value is -3.82. The van der Waals surface area contributed by atoms with Crippen molar-refractivity contribution in [2.75, 3.05) is 0 Å². The van der Waals surface area contributed by atoms with Crippen molar-refractivity contribution in [3.05, 3.63) is 113 Å². The Bertz CT molecular complexity index is 2240. The van der Waals surface area contributed by atoms with E-state index in [4.69, 9.17) is 4.42 Å². The molecule has 42 heavy (non-hydrogen) atoms. The van der Waals surface area contributed by atoms with Crippen molar-refractivity contribution in [1.82, 2.24) is 4.57 Å². The fraction of sp³-hybridized carbons (Fsp3) is 0.231. The first-order valence-electron chi connectivity index (χ1n) is 14.8. The van der Waals surface area contributed by atoms with Gasteiger partial charge in [0.1, 0.15) is 11.2 Å². The molecule has 2 heterocycles. The molecule has 0 aliphatic heterocycles. The molecule has 0 saturated carbocycles. The van der Waals surface area contributed by atoms with Crippen molar-refractivity contribution in [3.63, 3.8) is 0 Å². The molecule has 1 aliphatic rings. The first-order chi connectivity index (χ1) is 20.0. The lowest BCUT2D eigenvalue weighted by molar-refractivity contribution is 0.125. The summed E-state index contributed by atoms with van der Waals surface area (Å²) in [4.78, 5) is 0. The summed E-state index contributed by atoms with van der Waals surface area (Å²) in [6.45, 7) is 14.5. The number of fused-ring (bicyclic) bond motifs is 7. The van der Waals surface area contributed by atoms with Crippen molar-refractivity contribution >= 4 is 59.7 Å². The van der Waals surface area contributed by atoms with E-state index >= 15 is 0 Å². The third-order valence-electron chi connectivity index (χ3n) is 11.2. The number of nitrogens with zero attached hydrogens (tertiary/aromatic N) is 1. The lowest BCUT2D eigenvalue weighted by Gasteiger charge is -2.44. The van der Waals surface area contributed by atoms with Gasteiger partial charge in [0.05, 0.1) is 22.1 Å². The fourth-order valence-corrected chi connectivity index (χ4v) is 8.20. The second-order valence-corrected chi connectivity index (χ2v) is 14.4. The number of benzene rings is 5. The molecule has 2 nitrogen and oxygen atoms in total. The van der Waals surface area contributed by atoms with Gasteiger partial charge in [-0.3, -0.25) is 0 Å². The monoisotopic (exact) mass is 611 g/mol. The molecule has 0 spiro atoms. The number of hydrogen-bond donors (Lipinski definition) is 0. The maximum Gasteiger partial charge on any atom is 0.137 e. The highest BCUT2D eigenvalue weighted by Gasteiger charge is 2.56. The predicted octanol–water partition coefficient (Wildman–Crippen LogP) is 11.7. The molecule has 1 aliphatic carbocycles. The molecule has 5 aromatic carbocycles. The number of halogens is 1. The molecule has 0 fully saturated rings. The van der Waals surface area contributed by atoms with Crippen LogP contribution in [0.3, 0.4) is 0 Å². The van der Waals surface area contributed by atoms with E-state index in [1.807, 2.05) is 6.07 Å². The zero-order valence-electron chi connectivity index (χ0n) is 25.0. The summed E-state index contributed by atoms with van der Waals surface area (Å²) >= 11 is 4.00. The molecule has 0 amide bonds. The third-order valence-corrected chi connectivity index (χ3v) is 11.8. The summed E-state index contributed by atoms with van der Waals surface area (Å²) in [5, 5.41) is 4.79. The van der Waals surface area contributed by atoms with Gasteiger partial charge in [0.25, 0.3) is 0 Å². The van der Waals surface area contributed by atoms with Crippen LogP contribution in [0.5, 0.6) is 0 Å². The SMILES string of the molecule is CC1(C)c2cc(Br)c(-c3ccc4c(c3)c3ccccc3n4-c3cccc4oc5ccccc5c34)cc2C(C)(C)C1(C)C. The Balaban J connectivity index is 1.39. The maximum absolute atomic E-state index is 6.27. The molecule has 0 unspecified atom stereocenters. The van der Waals surface area contributed by atoms with Crippen LogP contribution in [0.25, 0.3) is 60.6 Å². The highest BCUT2D eigenvalue weighted by atomic mass is 79.9. The van der Waals surface area contributed by atoms with Crippen molar-refractivity contribution in [3.8, 4) is 16.8 Å². The minimum atomic E-state index is 0.0491. The van der Waals surface area contributed by atoms with Crippen molar-refractivity contribution in [2.45, 2.75) is 52.4 Å². The van der Waals surface area contributed by atoms with Gasteiger partial charge in [-0.2, -0.15) is 0 Å². The second kappa shape index (κ2) is 8.39. The molecule has 8 rings (SSSR count). The fourth-order valence-electron chi connectivity index (χ4n) is 7.63. The van der Waals surface area contributed by atoms with Gasteiger partial charge in [-0.05, 0) is 87.0 Å². The van der Waals surface area contributed by atoms with E-state index in [1.54, 1.807) is 0 Å². The van der Waals surface area contributed by atoms with Crippen molar-refractivity contribution in [1.29, 1.82) is 0 Å². The molecular weight excluding hydrogens is 578 g/mol. The third kappa shape index (κ3) is 3.15. The molecule has 0 radical (unpaired) electrons. The quantitative estimate of drug-likeness (QED) is 0.190. The summed E-state index contributed by atoms with van der Waals surface area (Å²) in [6.07, 6.45) is 0. The zero-order valence-corrected chi connectivity index (χ0v) is 26.6. The van der Waals surface area contributed by atoms with Crippen molar-refractivity contribution < 1.29 is 4.42 Å². The lowest BCUT2D eigenvalue weighted by Crippen LogP contribution is -2.42. The standard InChI is InChI=1S/C39H34BrNO/c1-37(2)28-21-26(30(40)22-29(28)38(3,4)39(37,5)6)23-18-19-32-27(20-23)24-12-7-9-14-31(24)41(32)33-15-11-17-35-36(33)25-13-8-10-16-34(25)42-35/h7-22H,1-6H3. The summed E-state index contributed by atoms with van der Waals surface area (Å²) < 4.78 is 9.83. The average Bonchev–Trinajstić information content (AvgIpc) is 3.54. The lowest BCUT2D eigenvalue weighted by atomic mass is 9.59. The normalized spacial score (nSPS) is 17.0. The molecular formula is C39H34BrNO. The van der Waals surface area contributed by atoms with E-state index in [9.17, 15) is 0 Å². The van der Waals surface area contributed by atoms with E-state index in [1.165, 1.54) is 44.1 Å². The zero-order chi connectivity index (χ0) is 29.2. The molecule has 0 N–H and O–H groups in total. The number of para-hydroxylation sites is 2. The first kappa shape index (κ1) is 25.9. The summed E-state index contributed by atoms with van der Waals surface area (Å²) in [7, 11) is 0. The maximum atomic E-state index is 6.27. The summed E-state index contributed by atoms with van der Waals surface area (Å²) in [5.41, 5.74) is 11.0. The average molecular weight is 613 g/mol. The van der Waals surface area contributed by atoms with Crippen LogP contribution in [0, 0.1) is 5.41 Å². The summed E-state index contributed by atoms with van der Waals surface area (Å²) in [5.74, 6) is 0. The molecule has 208 valence electrons. The van der Waals surface area contributed by atoms with Gasteiger partial charge in [0, 0.05) is 20.6 Å². The van der Waals surface area contributed by atoms with Crippen LogP contribution < -0.4 is 0 Å². The molecule has 2 aromatic heterocycles. The molecule has 0 atom stereocenters. The number of furan rings is 1. The number of aromatic nitrogens is 1. The van der Waals surface area contributed by atoms with E-state index in [-0.39, 0.29) is 16.2 Å². The van der Waals surface area contributed by atoms with E-state index in [0.29, 0.717) is 0 Å². The van der Waals surface area contributed by atoms with E-state index in [0.717, 1.165) is 32.1 Å². The Morgan fingerprint density at radius 1 is 0.595 bits per heavy atom. The number of rotatable bonds is 2. The largest absolute Gasteiger partial charge is 0.456 e. The molecule has 0 saturated heterocycles. The Labute approximate surface area is 255 Å². The van der Waals surface area contributed by atoms with E-state index in [2.05, 4.69) is 153 Å². The minimum Gasteiger partial charge on any atom is -0.456 e. The van der Waals surface area contributed by atoms with Gasteiger partial charge < -0.3 is 8.98 Å². The smallest absolute Gasteiger partial charge is 0.137 e. The van der Waals surface area contributed by atoms with Crippen LogP contribution in [0.2, 0.25) is 0 Å². The van der Waals surface area contributed by atoms with Gasteiger partial charge in [-0.15, -0.1) is 0 Å². The van der Waals surface area contributed by atoms with Crippen LogP contribution in [-0.4, -0.2) is 4.57 Å². The van der Waals surface area contributed by atoms with Gasteiger partial charge in [-0.25, -0.2) is 0 Å². The van der Waals surface area contributed by atoms with Crippen LogP contribution in [0.4, 0.5) is 0 Å². The van der Waals surface area contributed by atoms with Crippen LogP contribution in [0.15, 0.2) is 106 Å². The highest BCUT2D eigenvalue weighted by molar-refractivity contribution is 9.10. The summed E-state index contributed by atoms with van der Waals surface area (Å²) in [6, 6.07) is 35.3. The number of hydrogen-bond acceptors (Lipinski definition) is 1. The predicted molar refractivity (Wildman–Crippen MR) is 181 cm³/mol. The van der Waals surface area contributed by atoms with Crippen LogP contribution in [-0.2, 0) is 10.8 Å². The molecule has 7 aromatic rings. The van der Waals surface area contributed by atoms with E-state index < -0.39 is 0 Å². The van der Waals surface area contributed by atoms with Gasteiger partial charge in [-0.1, -0.05) is 106 Å². The van der Waals surface area contributed by atoms with Gasteiger partial charge in [0.15, 0.2) is 0 Å². The van der Waals surface area contributed by atoms with Gasteiger partial charge >= 0.3 is 0 Å². The minimum absolute atomic E-state index is 0.0491. The van der Waals surface area contributed by atoms with Gasteiger partial charge in [0.2, 0.25) is 0 Å². The Morgan fingerprint density at radius 2 is 1.24 bits per heavy atom. The van der Waals surface area contributed by atoms with Crippen LogP contribution >= 0.6 is 15.9 Å². The second-order valence-electron chi connectivity index (χ2n) is 13.6. The molecule has 3 heteroatoms. The van der Waals surface area contributed by atoms with Crippen molar-refractivity contribution in [2.24, 2.45) is 5.41 Å². The van der Waals surface area contributed by atoms with Crippen LogP contribution in [0.1, 0.15) is 52.7 Å². The Morgan fingerprint density at radius 3 is 2.02 bits per heavy atom. The first-order valence-corrected chi connectivity index (χ1v) is 15.6.